The minimum absolute atomic E-state index is 1.13. The normalized spacial score (nSPS) is 12.0. The number of anilines is 6. The van der Waals surface area contributed by atoms with Gasteiger partial charge < -0.3 is 9.80 Å². The Morgan fingerprint density at radius 3 is 0.887 bits per heavy atom. The summed E-state index contributed by atoms with van der Waals surface area (Å²) in [6, 6.07) is 76.8. The van der Waals surface area contributed by atoms with E-state index in [1.165, 1.54) is 76.3 Å². The van der Waals surface area contributed by atoms with Gasteiger partial charge in [0.1, 0.15) is 0 Å². The Labute approximate surface area is 368 Å². The van der Waals surface area contributed by atoms with Gasteiger partial charge in [0.25, 0.3) is 0 Å². The zero-order valence-electron chi connectivity index (χ0n) is 36.5. The molecule has 10 rings (SSSR count). The smallest absolute Gasteiger partial charge is 0.0775 e. The van der Waals surface area contributed by atoms with Gasteiger partial charge in [0.2, 0.25) is 0 Å². The molecule has 0 radical (unpaired) electrons. The van der Waals surface area contributed by atoms with Crippen LogP contribution in [0, 0.1) is 0 Å². The first kappa shape index (κ1) is 39.4. The molecule has 0 bridgehead atoms. The second kappa shape index (κ2) is 15.6. The number of rotatable bonds is 10. The van der Waals surface area contributed by atoms with Gasteiger partial charge in [-0.1, -0.05) is 195 Å². The fourth-order valence-electron chi connectivity index (χ4n) is 9.10. The highest BCUT2D eigenvalue weighted by Crippen LogP contribution is 2.47. The Kier molecular flexibility index (Phi) is 9.94. The van der Waals surface area contributed by atoms with Crippen LogP contribution in [0.1, 0.15) is 0 Å². The van der Waals surface area contributed by atoms with Gasteiger partial charge in [-0.25, -0.2) is 0 Å². The molecule has 0 atom stereocenters. The molecule has 0 unspecified atom stereocenters. The monoisotopic (exact) mass is 832 g/mol. The minimum Gasteiger partial charge on any atom is -0.310 e. The van der Waals surface area contributed by atoms with Crippen LogP contribution < -0.4 is 20.2 Å². The highest BCUT2D eigenvalue weighted by atomic mass is 28.3. The summed E-state index contributed by atoms with van der Waals surface area (Å²) < 4.78 is 0. The van der Waals surface area contributed by atoms with E-state index in [9.17, 15) is 0 Å². The van der Waals surface area contributed by atoms with Crippen LogP contribution in [0.2, 0.25) is 39.3 Å². The Morgan fingerprint density at radius 1 is 0.274 bits per heavy atom. The zero-order chi connectivity index (χ0) is 42.6. The molecule has 0 amide bonds. The van der Waals surface area contributed by atoms with Crippen LogP contribution in [0.4, 0.5) is 34.1 Å². The first-order valence-corrected chi connectivity index (χ1v) is 28.8. The SMILES string of the molecule is C[Si](C)(C)c1ccc(N(c2ccc(-c3ccccc3)cc2)c2ccc3ccc4c(N(c5ccc(-c6ccccc6)cc5)c5ccc([Si](C)(C)C)cc5)ccc5ccc2c3c54)cc1. The highest BCUT2D eigenvalue weighted by molar-refractivity contribution is 6.89. The van der Waals surface area contributed by atoms with Crippen molar-refractivity contribution >= 4 is 93.0 Å². The van der Waals surface area contributed by atoms with Gasteiger partial charge in [-0.2, -0.15) is 0 Å². The first-order chi connectivity index (χ1) is 30.0. The molecule has 0 spiro atoms. The second-order valence-electron chi connectivity index (χ2n) is 18.7. The largest absolute Gasteiger partial charge is 0.310 e. The third-order valence-corrected chi connectivity index (χ3v) is 16.7. The van der Waals surface area contributed by atoms with Crippen LogP contribution in [0.5, 0.6) is 0 Å². The Morgan fingerprint density at radius 2 is 0.565 bits per heavy atom. The van der Waals surface area contributed by atoms with Gasteiger partial charge >= 0.3 is 0 Å². The van der Waals surface area contributed by atoms with E-state index in [1.807, 2.05) is 0 Å². The molecule has 0 aliphatic carbocycles. The Balaban J connectivity index is 1.16. The summed E-state index contributed by atoms with van der Waals surface area (Å²) in [5.74, 6) is 0. The van der Waals surface area contributed by atoms with Crippen molar-refractivity contribution < 1.29 is 0 Å². The molecule has 0 aromatic heterocycles. The van der Waals surface area contributed by atoms with E-state index in [2.05, 4.69) is 255 Å². The molecule has 0 aliphatic rings. The number of hydrogen-bond acceptors (Lipinski definition) is 2. The van der Waals surface area contributed by atoms with Crippen molar-refractivity contribution in [3.63, 3.8) is 0 Å². The second-order valence-corrected chi connectivity index (χ2v) is 28.8. The molecule has 0 N–H and O–H groups in total. The summed E-state index contributed by atoms with van der Waals surface area (Å²) in [5.41, 5.74) is 11.8. The molecule has 0 fully saturated rings. The molecule has 62 heavy (non-hydrogen) atoms. The van der Waals surface area contributed by atoms with Crippen molar-refractivity contribution in [1.82, 2.24) is 0 Å². The number of hydrogen-bond donors (Lipinski definition) is 0. The van der Waals surface area contributed by atoms with Crippen molar-refractivity contribution in [3.8, 4) is 22.3 Å². The summed E-state index contributed by atoms with van der Waals surface area (Å²) >= 11 is 0. The molecule has 2 nitrogen and oxygen atoms in total. The number of benzene rings is 10. The van der Waals surface area contributed by atoms with Crippen molar-refractivity contribution in [2.24, 2.45) is 0 Å². The summed E-state index contributed by atoms with van der Waals surface area (Å²) in [6.07, 6.45) is 0. The van der Waals surface area contributed by atoms with Crippen LogP contribution in [0.25, 0.3) is 54.6 Å². The lowest BCUT2D eigenvalue weighted by atomic mass is 9.91. The van der Waals surface area contributed by atoms with E-state index in [4.69, 9.17) is 0 Å². The van der Waals surface area contributed by atoms with Crippen LogP contribution in [-0.4, -0.2) is 16.1 Å². The average Bonchev–Trinajstić information content (AvgIpc) is 3.30. The van der Waals surface area contributed by atoms with E-state index >= 15 is 0 Å². The van der Waals surface area contributed by atoms with Gasteiger partial charge in [-0.15, -0.1) is 0 Å². The Hall–Kier alpha value is -6.73. The third kappa shape index (κ3) is 7.29. The van der Waals surface area contributed by atoms with Gasteiger partial charge in [0.15, 0.2) is 0 Å². The topological polar surface area (TPSA) is 6.48 Å². The molecule has 302 valence electrons. The first-order valence-electron chi connectivity index (χ1n) is 21.8. The van der Waals surface area contributed by atoms with E-state index < -0.39 is 16.1 Å². The maximum Gasteiger partial charge on any atom is 0.0775 e. The van der Waals surface area contributed by atoms with Crippen molar-refractivity contribution in [3.05, 3.63) is 206 Å². The fourth-order valence-corrected chi connectivity index (χ4v) is 11.4. The van der Waals surface area contributed by atoms with Gasteiger partial charge in [-0.3, -0.25) is 0 Å². The molecule has 0 heterocycles. The van der Waals surface area contributed by atoms with Crippen molar-refractivity contribution in [2.75, 3.05) is 9.80 Å². The molecule has 0 saturated heterocycles. The lowest BCUT2D eigenvalue weighted by Gasteiger charge is -2.30. The van der Waals surface area contributed by atoms with E-state index in [-0.39, 0.29) is 0 Å². The van der Waals surface area contributed by atoms with Gasteiger partial charge in [0.05, 0.1) is 27.5 Å². The van der Waals surface area contributed by atoms with Crippen molar-refractivity contribution in [1.29, 1.82) is 0 Å². The summed E-state index contributed by atoms with van der Waals surface area (Å²) in [5, 5.41) is 10.4. The van der Waals surface area contributed by atoms with Crippen LogP contribution >= 0.6 is 0 Å². The Bertz CT molecular complexity index is 2930. The standard InChI is InChI=1S/C58H52N2Si2/c1-61(2,3)51-33-29-49(30-34-51)59(47-25-17-43(18-26-47)41-13-9-7-10-14-41)55-39-23-45-22-38-54-56(40-24-46-21-37-53(55)57(45)58(46)54)60(50-31-35-52(36-32-50)62(4,5)6)48-27-19-44(20-28-48)42-15-11-8-12-16-42/h7-40H,1-6H3. The van der Waals surface area contributed by atoms with E-state index in [1.54, 1.807) is 0 Å². The van der Waals surface area contributed by atoms with Gasteiger partial charge in [-0.05, 0) is 104 Å². The number of nitrogens with zero attached hydrogens (tertiary/aromatic N) is 2. The molecule has 4 heteroatoms. The van der Waals surface area contributed by atoms with Gasteiger partial charge in [0, 0.05) is 33.5 Å². The lowest BCUT2D eigenvalue weighted by Crippen LogP contribution is -2.37. The van der Waals surface area contributed by atoms with E-state index in [0.717, 1.165) is 22.7 Å². The predicted octanol–water partition coefficient (Wildman–Crippen LogP) is 15.9. The molecule has 0 saturated carbocycles. The fraction of sp³-hybridized carbons (Fsp3) is 0.103. The maximum absolute atomic E-state index is 2.45. The molecular formula is C58H52N2Si2. The zero-order valence-corrected chi connectivity index (χ0v) is 38.5. The quantitative estimate of drug-likeness (QED) is 0.100. The molecule has 0 aliphatic heterocycles. The van der Waals surface area contributed by atoms with Crippen molar-refractivity contribution in [2.45, 2.75) is 39.3 Å². The highest BCUT2D eigenvalue weighted by Gasteiger charge is 2.24. The molecule has 10 aromatic rings. The maximum atomic E-state index is 2.45. The summed E-state index contributed by atoms with van der Waals surface area (Å²) in [4.78, 5) is 4.91. The molecule has 10 aromatic carbocycles. The average molecular weight is 833 g/mol. The van der Waals surface area contributed by atoms with Crippen LogP contribution in [0.15, 0.2) is 206 Å². The minimum atomic E-state index is -1.50. The van der Waals surface area contributed by atoms with Crippen LogP contribution in [-0.2, 0) is 0 Å². The predicted molar refractivity (Wildman–Crippen MR) is 276 cm³/mol. The summed E-state index contributed by atoms with van der Waals surface area (Å²) in [7, 11) is -2.99. The molecular weight excluding hydrogens is 781 g/mol. The summed E-state index contributed by atoms with van der Waals surface area (Å²) in [6.45, 7) is 14.5. The van der Waals surface area contributed by atoms with Crippen LogP contribution in [0.3, 0.4) is 0 Å². The van der Waals surface area contributed by atoms with E-state index in [0.29, 0.717) is 0 Å². The lowest BCUT2D eigenvalue weighted by molar-refractivity contribution is 1.30. The third-order valence-electron chi connectivity index (χ3n) is 12.5.